The Hall–Kier alpha value is -0.460. The van der Waals surface area contributed by atoms with Crippen LogP contribution in [-0.4, -0.2) is 5.11 Å². The highest BCUT2D eigenvalue weighted by Gasteiger charge is 1.95. The van der Waals surface area contributed by atoms with Gasteiger partial charge in [-0.3, -0.25) is 0 Å². The van der Waals surface area contributed by atoms with E-state index in [2.05, 4.69) is 13.8 Å². The van der Waals surface area contributed by atoms with Crippen LogP contribution in [0.15, 0.2) is 11.8 Å². The van der Waals surface area contributed by atoms with Crippen molar-refractivity contribution in [2.75, 3.05) is 0 Å². The molecule has 0 unspecified atom stereocenters. The van der Waals surface area contributed by atoms with Crippen LogP contribution in [0.1, 0.15) is 104 Å². The summed E-state index contributed by atoms with van der Waals surface area (Å²) in [5.41, 5.74) is 0. The molecule has 0 saturated heterocycles. The Labute approximate surface area is 121 Å². The minimum Gasteiger partial charge on any atom is -0.513 e. The van der Waals surface area contributed by atoms with Crippen LogP contribution in [0, 0.1) is 0 Å². The maximum atomic E-state index is 9.75. The Kier molecular flexibility index (Phi) is 15.2. The van der Waals surface area contributed by atoms with Crippen molar-refractivity contribution in [3.05, 3.63) is 11.8 Å². The molecular weight excluding hydrogens is 232 g/mol. The topological polar surface area (TPSA) is 20.2 Å². The van der Waals surface area contributed by atoms with E-state index in [1.807, 2.05) is 6.08 Å². The summed E-state index contributed by atoms with van der Waals surface area (Å²) in [5.74, 6) is 0.629. The van der Waals surface area contributed by atoms with Gasteiger partial charge in [-0.15, -0.1) is 0 Å². The van der Waals surface area contributed by atoms with E-state index in [0.717, 1.165) is 19.3 Å². The molecule has 0 amide bonds. The quantitative estimate of drug-likeness (QED) is 0.267. The molecule has 1 nitrogen and oxygen atoms in total. The molecule has 1 heteroatoms. The third kappa shape index (κ3) is 15.5. The van der Waals surface area contributed by atoms with E-state index in [0.29, 0.717) is 5.76 Å². The molecule has 0 aromatic carbocycles. The van der Waals surface area contributed by atoms with Gasteiger partial charge in [-0.2, -0.15) is 0 Å². The fraction of sp³-hybridized carbons (Fsp3) is 0.889. The Balaban J connectivity index is 3.25. The standard InChI is InChI=1S/C18H36O/c1-3-5-7-9-11-13-15-17-18(19)16-14-12-10-8-6-4-2/h17,19H,3-16H2,1-2H3. The Bertz CT molecular complexity index is 196. The summed E-state index contributed by atoms with van der Waals surface area (Å²) >= 11 is 0. The molecular formula is C18H36O. The largest absolute Gasteiger partial charge is 0.513 e. The second kappa shape index (κ2) is 15.6. The van der Waals surface area contributed by atoms with Crippen LogP contribution < -0.4 is 0 Å². The minimum absolute atomic E-state index is 0.629. The van der Waals surface area contributed by atoms with Crippen molar-refractivity contribution in [2.45, 2.75) is 104 Å². The lowest BCUT2D eigenvalue weighted by molar-refractivity contribution is 0.376. The Morgan fingerprint density at radius 1 is 0.684 bits per heavy atom. The number of unbranched alkanes of at least 4 members (excludes halogenated alkanes) is 11. The maximum absolute atomic E-state index is 9.75. The first kappa shape index (κ1) is 18.5. The van der Waals surface area contributed by atoms with Crippen LogP contribution in [0.5, 0.6) is 0 Å². The predicted octanol–water partition coefficient (Wildman–Crippen LogP) is 6.93. The second-order valence-corrected chi connectivity index (χ2v) is 5.77. The van der Waals surface area contributed by atoms with Crippen LogP contribution in [0.4, 0.5) is 0 Å². The first-order chi connectivity index (χ1) is 9.31. The third-order valence-corrected chi connectivity index (χ3v) is 3.72. The molecule has 0 fully saturated rings. The molecule has 1 N–H and O–H groups in total. The summed E-state index contributed by atoms with van der Waals surface area (Å²) in [6, 6.07) is 0. The molecule has 0 aromatic rings. The van der Waals surface area contributed by atoms with Crippen molar-refractivity contribution in [3.63, 3.8) is 0 Å². The van der Waals surface area contributed by atoms with Crippen molar-refractivity contribution in [3.8, 4) is 0 Å². The van der Waals surface area contributed by atoms with Gasteiger partial charge in [0.2, 0.25) is 0 Å². The van der Waals surface area contributed by atoms with Gasteiger partial charge in [0.1, 0.15) is 0 Å². The van der Waals surface area contributed by atoms with Crippen molar-refractivity contribution in [2.24, 2.45) is 0 Å². The molecule has 0 aromatic heterocycles. The van der Waals surface area contributed by atoms with Gasteiger partial charge < -0.3 is 5.11 Å². The monoisotopic (exact) mass is 268 g/mol. The number of rotatable bonds is 14. The molecule has 0 heterocycles. The molecule has 19 heavy (non-hydrogen) atoms. The average molecular weight is 268 g/mol. The lowest BCUT2D eigenvalue weighted by Crippen LogP contribution is -1.85. The number of hydrogen-bond acceptors (Lipinski definition) is 1. The van der Waals surface area contributed by atoms with E-state index in [1.165, 1.54) is 70.6 Å². The molecule has 0 atom stereocenters. The predicted molar refractivity (Wildman–Crippen MR) is 86.7 cm³/mol. The van der Waals surface area contributed by atoms with Crippen molar-refractivity contribution in [1.82, 2.24) is 0 Å². The van der Waals surface area contributed by atoms with Gasteiger partial charge in [0.25, 0.3) is 0 Å². The molecule has 0 spiro atoms. The van der Waals surface area contributed by atoms with Crippen LogP contribution in [0.2, 0.25) is 0 Å². The van der Waals surface area contributed by atoms with Crippen molar-refractivity contribution in [1.29, 1.82) is 0 Å². The zero-order valence-electron chi connectivity index (χ0n) is 13.4. The molecule has 0 rings (SSSR count). The van der Waals surface area contributed by atoms with E-state index in [9.17, 15) is 5.11 Å². The van der Waals surface area contributed by atoms with Gasteiger partial charge in [0.15, 0.2) is 0 Å². The molecule has 0 aliphatic rings. The molecule has 0 aliphatic carbocycles. The van der Waals surface area contributed by atoms with E-state index in [1.54, 1.807) is 0 Å². The zero-order chi connectivity index (χ0) is 14.2. The normalized spacial score (nSPS) is 12.0. The number of aliphatic hydroxyl groups is 1. The van der Waals surface area contributed by atoms with Crippen LogP contribution in [0.3, 0.4) is 0 Å². The lowest BCUT2D eigenvalue weighted by atomic mass is 10.1. The highest BCUT2D eigenvalue weighted by atomic mass is 16.3. The van der Waals surface area contributed by atoms with Crippen molar-refractivity contribution >= 4 is 0 Å². The first-order valence-electron chi connectivity index (χ1n) is 8.69. The summed E-state index contributed by atoms with van der Waals surface area (Å²) in [5, 5.41) is 9.75. The highest BCUT2D eigenvalue weighted by molar-refractivity contribution is 4.90. The fourth-order valence-corrected chi connectivity index (χ4v) is 2.38. The number of aliphatic hydroxyl groups excluding tert-OH is 1. The Morgan fingerprint density at radius 3 is 1.74 bits per heavy atom. The van der Waals surface area contributed by atoms with Gasteiger partial charge in [0.05, 0.1) is 5.76 Å². The SMILES string of the molecule is CCCCCCCCC=C(O)CCCCCCCC. The van der Waals surface area contributed by atoms with Crippen LogP contribution in [0.25, 0.3) is 0 Å². The third-order valence-electron chi connectivity index (χ3n) is 3.72. The van der Waals surface area contributed by atoms with Crippen LogP contribution >= 0.6 is 0 Å². The number of hydrogen-bond donors (Lipinski definition) is 1. The van der Waals surface area contributed by atoms with Gasteiger partial charge in [0, 0.05) is 6.42 Å². The molecule has 0 aliphatic heterocycles. The lowest BCUT2D eigenvalue weighted by Gasteiger charge is -2.02. The summed E-state index contributed by atoms with van der Waals surface area (Å²) in [6.45, 7) is 4.50. The van der Waals surface area contributed by atoms with Crippen molar-refractivity contribution < 1.29 is 5.11 Å². The van der Waals surface area contributed by atoms with Gasteiger partial charge in [-0.25, -0.2) is 0 Å². The van der Waals surface area contributed by atoms with E-state index in [-0.39, 0.29) is 0 Å². The van der Waals surface area contributed by atoms with Crippen LogP contribution in [-0.2, 0) is 0 Å². The summed E-state index contributed by atoms with van der Waals surface area (Å²) in [7, 11) is 0. The number of allylic oxidation sites excluding steroid dienone is 2. The molecule has 114 valence electrons. The maximum Gasteiger partial charge on any atom is 0.0882 e. The van der Waals surface area contributed by atoms with E-state index < -0.39 is 0 Å². The minimum atomic E-state index is 0.629. The second-order valence-electron chi connectivity index (χ2n) is 5.77. The smallest absolute Gasteiger partial charge is 0.0882 e. The van der Waals surface area contributed by atoms with Gasteiger partial charge >= 0.3 is 0 Å². The first-order valence-corrected chi connectivity index (χ1v) is 8.69. The molecule has 0 bridgehead atoms. The summed E-state index contributed by atoms with van der Waals surface area (Å²) in [6.07, 6.45) is 19.8. The molecule has 0 radical (unpaired) electrons. The van der Waals surface area contributed by atoms with Gasteiger partial charge in [-0.05, 0) is 25.3 Å². The summed E-state index contributed by atoms with van der Waals surface area (Å²) in [4.78, 5) is 0. The van der Waals surface area contributed by atoms with E-state index in [4.69, 9.17) is 0 Å². The van der Waals surface area contributed by atoms with Gasteiger partial charge in [-0.1, -0.05) is 78.1 Å². The Morgan fingerprint density at radius 2 is 1.16 bits per heavy atom. The average Bonchev–Trinajstić information content (AvgIpc) is 2.41. The summed E-state index contributed by atoms with van der Waals surface area (Å²) < 4.78 is 0. The zero-order valence-corrected chi connectivity index (χ0v) is 13.4. The van der Waals surface area contributed by atoms with E-state index >= 15 is 0 Å². The fourth-order valence-electron chi connectivity index (χ4n) is 2.38. The molecule has 0 saturated carbocycles. The highest BCUT2D eigenvalue weighted by Crippen LogP contribution is 2.12.